The summed E-state index contributed by atoms with van der Waals surface area (Å²) in [4.78, 5) is 2.48. The Hall–Kier alpha value is -1.60. The molecule has 2 aromatic carbocycles. The van der Waals surface area contributed by atoms with Gasteiger partial charge in [-0.15, -0.1) is 0 Å². The van der Waals surface area contributed by atoms with Gasteiger partial charge in [-0.05, 0) is 35.6 Å². The number of likely N-dealkylation sites (N-methyl/N-ethyl adjacent to an activating group) is 1. The zero-order valence-electron chi connectivity index (χ0n) is 13.3. The molecule has 0 aromatic heterocycles. The van der Waals surface area contributed by atoms with Crippen LogP contribution in [-0.2, 0) is 0 Å². The summed E-state index contributed by atoms with van der Waals surface area (Å²) in [5.41, 5.74) is 4.26. The number of rotatable bonds is 3. The lowest BCUT2D eigenvalue weighted by Gasteiger charge is -2.24. The van der Waals surface area contributed by atoms with Crippen LogP contribution in [0, 0.1) is 11.8 Å². The van der Waals surface area contributed by atoms with Gasteiger partial charge in [-0.25, -0.2) is 0 Å². The number of likely N-dealkylation sites (tertiary alicyclic amines) is 1. The molecule has 1 aliphatic rings. The molecule has 1 heteroatoms. The highest BCUT2D eigenvalue weighted by Crippen LogP contribution is 2.40. The van der Waals surface area contributed by atoms with Crippen LogP contribution in [0.15, 0.2) is 54.6 Å². The maximum absolute atomic E-state index is 2.48. The zero-order chi connectivity index (χ0) is 14.8. The molecule has 1 heterocycles. The predicted molar refractivity (Wildman–Crippen MR) is 90.4 cm³/mol. The van der Waals surface area contributed by atoms with Crippen molar-refractivity contribution < 1.29 is 0 Å². The van der Waals surface area contributed by atoms with Crippen LogP contribution in [0.4, 0.5) is 0 Å². The summed E-state index contributed by atoms with van der Waals surface area (Å²) >= 11 is 0. The van der Waals surface area contributed by atoms with Crippen molar-refractivity contribution in [1.29, 1.82) is 0 Å². The minimum Gasteiger partial charge on any atom is -0.305 e. The first-order valence-electron chi connectivity index (χ1n) is 7.99. The van der Waals surface area contributed by atoms with Gasteiger partial charge in [0.05, 0.1) is 0 Å². The van der Waals surface area contributed by atoms with Crippen LogP contribution in [0.3, 0.4) is 0 Å². The van der Waals surface area contributed by atoms with E-state index in [4.69, 9.17) is 0 Å². The van der Waals surface area contributed by atoms with Crippen LogP contribution >= 0.6 is 0 Å². The fourth-order valence-corrected chi connectivity index (χ4v) is 3.74. The molecule has 0 aliphatic carbocycles. The second-order valence-electron chi connectivity index (χ2n) is 6.69. The van der Waals surface area contributed by atoms with Crippen LogP contribution in [-0.4, -0.2) is 25.0 Å². The number of benzene rings is 2. The Bertz CT molecular complexity index is 588. The minimum absolute atomic E-state index is 0.645. The van der Waals surface area contributed by atoms with Crippen molar-refractivity contribution in [2.75, 3.05) is 20.1 Å². The Morgan fingerprint density at radius 1 is 0.905 bits per heavy atom. The average molecular weight is 279 g/mol. The molecule has 1 fully saturated rings. The third kappa shape index (κ3) is 2.89. The lowest BCUT2D eigenvalue weighted by Crippen LogP contribution is -2.18. The van der Waals surface area contributed by atoms with Gasteiger partial charge in [-0.2, -0.15) is 0 Å². The van der Waals surface area contributed by atoms with E-state index in [2.05, 4.69) is 80.4 Å². The highest BCUT2D eigenvalue weighted by Gasteiger charge is 2.34. The largest absolute Gasteiger partial charge is 0.305 e. The van der Waals surface area contributed by atoms with Gasteiger partial charge in [0.25, 0.3) is 0 Å². The summed E-state index contributed by atoms with van der Waals surface area (Å²) in [6.45, 7) is 7.11. The molecular formula is C20H25N. The first-order chi connectivity index (χ1) is 10.2. The molecule has 2 atom stereocenters. The van der Waals surface area contributed by atoms with E-state index in [1.807, 2.05) is 0 Å². The molecule has 1 nitrogen and oxygen atoms in total. The normalized spacial score (nSPS) is 22.9. The van der Waals surface area contributed by atoms with Crippen molar-refractivity contribution in [2.24, 2.45) is 11.8 Å². The van der Waals surface area contributed by atoms with E-state index < -0.39 is 0 Å². The molecule has 0 spiro atoms. The van der Waals surface area contributed by atoms with Gasteiger partial charge in [0.15, 0.2) is 0 Å². The van der Waals surface area contributed by atoms with Crippen LogP contribution in [0.25, 0.3) is 11.1 Å². The summed E-state index contributed by atoms with van der Waals surface area (Å²) in [5.74, 6) is 2.12. The Morgan fingerprint density at radius 2 is 1.57 bits per heavy atom. The molecule has 3 rings (SSSR count). The van der Waals surface area contributed by atoms with Crippen molar-refractivity contribution in [3.63, 3.8) is 0 Å². The van der Waals surface area contributed by atoms with E-state index in [0.29, 0.717) is 5.92 Å². The maximum atomic E-state index is 2.48. The quantitative estimate of drug-likeness (QED) is 0.790. The average Bonchev–Trinajstić information content (AvgIpc) is 2.90. The fourth-order valence-electron chi connectivity index (χ4n) is 3.74. The van der Waals surface area contributed by atoms with E-state index >= 15 is 0 Å². The molecule has 1 aliphatic heterocycles. The van der Waals surface area contributed by atoms with Crippen molar-refractivity contribution in [2.45, 2.75) is 19.8 Å². The van der Waals surface area contributed by atoms with Gasteiger partial charge in [0.1, 0.15) is 0 Å². The first-order valence-corrected chi connectivity index (χ1v) is 7.99. The Labute approximate surface area is 128 Å². The van der Waals surface area contributed by atoms with Crippen molar-refractivity contribution in [3.8, 4) is 11.1 Å². The molecule has 0 N–H and O–H groups in total. The summed E-state index contributed by atoms with van der Waals surface area (Å²) in [5, 5.41) is 0. The molecule has 0 amide bonds. The standard InChI is InChI=1S/C20H25N/c1-15(2)19-13-21(3)14-20(19)18-12-8-7-11-17(18)16-9-5-4-6-10-16/h4-12,15,19-20H,13-14H2,1-3H3/t19-,20-/m0/s1. The molecule has 2 aromatic rings. The highest BCUT2D eigenvalue weighted by atomic mass is 15.1. The van der Waals surface area contributed by atoms with E-state index in [9.17, 15) is 0 Å². The van der Waals surface area contributed by atoms with Crippen molar-refractivity contribution in [3.05, 3.63) is 60.2 Å². The van der Waals surface area contributed by atoms with Gasteiger partial charge in [0, 0.05) is 19.0 Å². The predicted octanol–water partition coefficient (Wildman–Crippen LogP) is 4.65. The first kappa shape index (κ1) is 14.3. The van der Waals surface area contributed by atoms with Crippen LogP contribution in [0.5, 0.6) is 0 Å². The maximum Gasteiger partial charge on any atom is 0.00508 e. The molecule has 0 unspecified atom stereocenters. The molecule has 0 bridgehead atoms. The molecule has 21 heavy (non-hydrogen) atoms. The zero-order valence-corrected chi connectivity index (χ0v) is 13.3. The number of nitrogens with zero attached hydrogens (tertiary/aromatic N) is 1. The Morgan fingerprint density at radius 3 is 2.29 bits per heavy atom. The third-order valence-electron chi connectivity index (χ3n) is 4.85. The molecule has 110 valence electrons. The van der Waals surface area contributed by atoms with Crippen LogP contribution < -0.4 is 0 Å². The summed E-state index contributed by atoms with van der Waals surface area (Å²) in [6.07, 6.45) is 0. The monoisotopic (exact) mass is 279 g/mol. The summed E-state index contributed by atoms with van der Waals surface area (Å²) < 4.78 is 0. The number of hydrogen-bond acceptors (Lipinski definition) is 1. The highest BCUT2D eigenvalue weighted by molar-refractivity contribution is 5.68. The summed E-state index contributed by atoms with van der Waals surface area (Å²) in [6, 6.07) is 19.8. The Balaban J connectivity index is 2.03. The van der Waals surface area contributed by atoms with Gasteiger partial charge < -0.3 is 4.90 Å². The van der Waals surface area contributed by atoms with E-state index in [-0.39, 0.29) is 0 Å². The third-order valence-corrected chi connectivity index (χ3v) is 4.85. The number of hydrogen-bond donors (Lipinski definition) is 0. The minimum atomic E-state index is 0.645. The van der Waals surface area contributed by atoms with Gasteiger partial charge in [-0.3, -0.25) is 0 Å². The van der Waals surface area contributed by atoms with Gasteiger partial charge in [0.2, 0.25) is 0 Å². The van der Waals surface area contributed by atoms with Crippen LogP contribution in [0.2, 0.25) is 0 Å². The van der Waals surface area contributed by atoms with E-state index in [1.54, 1.807) is 0 Å². The molecule has 0 radical (unpaired) electrons. The lowest BCUT2D eigenvalue weighted by molar-refractivity contribution is 0.344. The smallest absolute Gasteiger partial charge is 0.00508 e. The van der Waals surface area contributed by atoms with E-state index in [0.717, 1.165) is 11.8 Å². The van der Waals surface area contributed by atoms with Gasteiger partial charge >= 0.3 is 0 Å². The fraction of sp³-hybridized carbons (Fsp3) is 0.400. The second-order valence-corrected chi connectivity index (χ2v) is 6.69. The lowest BCUT2D eigenvalue weighted by atomic mass is 9.79. The van der Waals surface area contributed by atoms with Gasteiger partial charge in [-0.1, -0.05) is 68.4 Å². The van der Waals surface area contributed by atoms with Crippen molar-refractivity contribution >= 4 is 0 Å². The van der Waals surface area contributed by atoms with Crippen molar-refractivity contribution in [1.82, 2.24) is 4.90 Å². The molecule has 0 saturated carbocycles. The molecule has 1 saturated heterocycles. The van der Waals surface area contributed by atoms with Crippen LogP contribution in [0.1, 0.15) is 25.3 Å². The Kier molecular flexibility index (Phi) is 4.12. The molecular weight excluding hydrogens is 254 g/mol. The topological polar surface area (TPSA) is 3.24 Å². The second kappa shape index (κ2) is 6.03. The SMILES string of the molecule is CC(C)[C@@H]1CN(C)C[C@H]1c1ccccc1-c1ccccc1. The van der Waals surface area contributed by atoms with E-state index in [1.165, 1.54) is 29.8 Å². The summed E-state index contributed by atoms with van der Waals surface area (Å²) in [7, 11) is 2.25.